The SMILES string of the molecule is O=C(OCCC(=O)N(CCOC1CCCCO1)CCOC1CCCCO1)c1ccc(CCC[C@@H]2[C@@H](CCc3cc(Cl)cc(Cl)c3)CC[C@H]2Cl)s1. The van der Waals surface area contributed by atoms with Crippen molar-refractivity contribution in [2.24, 2.45) is 11.8 Å². The molecule has 0 spiro atoms. The molecule has 3 aliphatic rings. The number of hydrogen-bond acceptors (Lipinski definition) is 8. The average Bonchev–Trinajstić information content (AvgIpc) is 3.73. The summed E-state index contributed by atoms with van der Waals surface area (Å²) >= 11 is 20.7. The van der Waals surface area contributed by atoms with Crippen LogP contribution < -0.4 is 0 Å². The number of nitrogens with zero attached hydrogens (tertiary/aromatic N) is 1. The van der Waals surface area contributed by atoms with Gasteiger partial charge in [-0.05, 0) is 131 Å². The van der Waals surface area contributed by atoms with E-state index < -0.39 is 5.97 Å². The summed E-state index contributed by atoms with van der Waals surface area (Å²) in [7, 11) is 0. The first kappa shape index (κ1) is 39.8. The molecule has 8 nitrogen and oxygen atoms in total. The minimum absolute atomic E-state index is 0.0160. The molecule has 2 aliphatic heterocycles. The lowest BCUT2D eigenvalue weighted by Gasteiger charge is -2.27. The molecule has 1 amide bonds. The van der Waals surface area contributed by atoms with Crippen molar-refractivity contribution in [3.05, 3.63) is 55.7 Å². The number of aryl methyl sites for hydroxylation is 2. The summed E-state index contributed by atoms with van der Waals surface area (Å²) < 4.78 is 28.6. The molecule has 1 saturated carbocycles. The molecule has 0 radical (unpaired) electrons. The zero-order chi connectivity index (χ0) is 35.1. The molecule has 2 unspecified atom stereocenters. The third-order valence-electron chi connectivity index (χ3n) is 9.94. The predicted molar refractivity (Wildman–Crippen MR) is 198 cm³/mol. The van der Waals surface area contributed by atoms with Crippen LogP contribution >= 0.6 is 46.1 Å². The molecule has 1 aliphatic carbocycles. The number of ether oxygens (including phenoxy) is 5. The Morgan fingerprint density at radius 2 is 1.50 bits per heavy atom. The molecule has 5 atom stereocenters. The first-order valence-electron chi connectivity index (χ1n) is 18.4. The van der Waals surface area contributed by atoms with Crippen molar-refractivity contribution >= 4 is 58.0 Å². The Balaban J connectivity index is 1.02. The van der Waals surface area contributed by atoms with Crippen LogP contribution in [0.5, 0.6) is 0 Å². The fraction of sp³-hybridized carbons (Fsp3) is 0.684. The number of benzene rings is 1. The number of halogens is 3. The van der Waals surface area contributed by atoms with Crippen LogP contribution in [0.3, 0.4) is 0 Å². The molecule has 1 aromatic carbocycles. The highest BCUT2D eigenvalue weighted by molar-refractivity contribution is 7.13. The Morgan fingerprint density at radius 3 is 2.14 bits per heavy atom. The van der Waals surface area contributed by atoms with Crippen LogP contribution in [0, 0.1) is 11.8 Å². The smallest absolute Gasteiger partial charge is 0.348 e. The number of thiophene rings is 1. The Kier molecular flexibility index (Phi) is 17.0. The number of alkyl halides is 1. The summed E-state index contributed by atoms with van der Waals surface area (Å²) in [5.74, 6) is 0.561. The summed E-state index contributed by atoms with van der Waals surface area (Å²) in [6.45, 7) is 3.01. The van der Waals surface area contributed by atoms with Gasteiger partial charge in [0.1, 0.15) is 11.5 Å². The van der Waals surface area contributed by atoms with Crippen LogP contribution in [0.4, 0.5) is 0 Å². The molecule has 3 heterocycles. The number of carbonyl (C=O) groups excluding carboxylic acids is 2. The number of carbonyl (C=O) groups is 2. The quantitative estimate of drug-likeness (QED) is 0.104. The van der Waals surface area contributed by atoms with E-state index in [1.54, 1.807) is 11.0 Å². The molecule has 2 aromatic rings. The first-order chi connectivity index (χ1) is 24.3. The first-order valence-corrected chi connectivity index (χ1v) is 20.4. The summed E-state index contributed by atoms with van der Waals surface area (Å²) in [5.41, 5.74) is 1.17. The van der Waals surface area contributed by atoms with Gasteiger partial charge >= 0.3 is 5.97 Å². The van der Waals surface area contributed by atoms with Gasteiger partial charge in [-0.1, -0.05) is 23.2 Å². The highest BCUT2D eigenvalue weighted by Gasteiger charge is 2.34. The molecule has 12 heteroatoms. The molecule has 3 fully saturated rings. The summed E-state index contributed by atoms with van der Waals surface area (Å²) in [4.78, 5) is 29.5. The van der Waals surface area contributed by atoms with Crippen LogP contribution in [-0.4, -0.2) is 80.9 Å². The Hall–Kier alpha value is -1.43. The van der Waals surface area contributed by atoms with Gasteiger partial charge in [0, 0.05) is 46.6 Å². The Bertz CT molecular complexity index is 1290. The van der Waals surface area contributed by atoms with E-state index >= 15 is 0 Å². The van der Waals surface area contributed by atoms with E-state index in [4.69, 9.17) is 58.5 Å². The van der Waals surface area contributed by atoms with Crippen molar-refractivity contribution in [2.75, 3.05) is 46.1 Å². The van der Waals surface area contributed by atoms with E-state index in [1.807, 2.05) is 24.3 Å². The van der Waals surface area contributed by atoms with Crippen molar-refractivity contribution in [3.63, 3.8) is 0 Å². The van der Waals surface area contributed by atoms with E-state index in [2.05, 4.69) is 0 Å². The van der Waals surface area contributed by atoms with Crippen molar-refractivity contribution in [1.82, 2.24) is 4.90 Å². The van der Waals surface area contributed by atoms with Crippen molar-refractivity contribution in [2.45, 2.75) is 108 Å². The zero-order valence-corrected chi connectivity index (χ0v) is 32.1. The largest absolute Gasteiger partial charge is 0.461 e. The standard InChI is InChI=1S/C38H52Cl3NO7S/c39-29-24-27(25-30(40)26-29)10-11-28-12-14-33(41)32(28)7-5-6-31-13-15-34(50-31)38(44)49-21-16-35(43)42(17-22-47-36-8-1-3-19-45-36)18-23-48-37-9-2-4-20-46-37/h13,15,24-26,28,32-33,36-37H,1-12,14,16-23H2/t28-,32+,33+,36?,37?/m0/s1. The van der Waals surface area contributed by atoms with Gasteiger partial charge in [-0.2, -0.15) is 0 Å². The third-order valence-corrected chi connectivity index (χ3v) is 12.0. The van der Waals surface area contributed by atoms with Crippen LogP contribution in [0.25, 0.3) is 0 Å². The van der Waals surface area contributed by atoms with E-state index in [0.717, 1.165) is 88.3 Å². The summed E-state index contributed by atoms with van der Waals surface area (Å²) in [6.07, 6.45) is 12.8. The van der Waals surface area contributed by atoms with Gasteiger partial charge in [-0.15, -0.1) is 22.9 Å². The lowest BCUT2D eigenvalue weighted by molar-refractivity contribution is -0.173. The molecule has 1 aromatic heterocycles. The van der Waals surface area contributed by atoms with Gasteiger partial charge in [-0.3, -0.25) is 4.79 Å². The lowest BCUT2D eigenvalue weighted by atomic mass is 9.86. The van der Waals surface area contributed by atoms with Gasteiger partial charge in [0.15, 0.2) is 12.6 Å². The summed E-state index contributed by atoms with van der Waals surface area (Å²) in [5, 5.41) is 1.55. The Labute approximate surface area is 316 Å². The number of hydrogen-bond donors (Lipinski definition) is 0. The van der Waals surface area contributed by atoms with Crippen molar-refractivity contribution in [3.8, 4) is 0 Å². The van der Waals surface area contributed by atoms with E-state index in [0.29, 0.717) is 66.3 Å². The zero-order valence-electron chi connectivity index (χ0n) is 29.0. The van der Waals surface area contributed by atoms with Gasteiger partial charge < -0.3 is 28.6 Å². The van der Waals surface area contributed by atoms with Crippen LogP contribution in [0.15, 0.2) is 30.3 Å². The summed E-state index contributed by atoms with van der Waals surface area (Å²) in [6, 6.07) is 9.59. The molecular weight excluding hydrogens is 721 g/mol. The molecule has 278 valence electrons. The second-order valence-corrected chi connectivity index (χ2v) is 16.2. The van der Waals surface area contributed by atoms with Crippen LogP contribution in [0.1, 0.15) is 97.2 Å². The fourth-order valence-electron chi connectivity index (χ4n) is 7.21. The topological polar surface area (TPSA) is 83.5 Å². The Morgan fingerprint density at radius 1 is 0.820 bits per heavy atom. The highest BCUT2D eigenvalue weighted by Crippen LogP contribution is 2.41. The predicted octanol–water partition coefficient (Wildman–Crippen LogP) is 9.11. The van der Waals surface area contributed by atoms with E-state index in [1.165, 1.54) is 16.9 Å². The van der Waals surface area contributed by atoms with Gasteiger partial charge in [0.05, 0.1) is 19.6 Å². The highest BCUT2D eigenvalue weighted by atomic mass is 35.5. The molecule has 2 saturated heterocycles. The lowest BCUT2D eigenvalue weighted by Crippen LogP contribution is -2.39. The maximum absolute atomic E-state index is 13.2. The normalized spacial score (nSPS) is 23.9. The minimum atomic E-state index is -0.394. The maximum atomic E-state index is 13.2. The maximum Gasteiger partial charge on any atom is 0.348 e. The molecule has 0 N–H and O–H groups in total. The second-order valence-electron chi connectivity index (χ2n) is 13.6. The van der Waals surface area contributed by atoms with E-state index in [-0.39, 0.29) is 36.9 Å². The van der Waals surface area contributed by atoms with E-state index in [9.17, 15) is 9.59 Å². The second kappa shape index (κ2) is 21.3. The monoisotopic (exact) mass is 771 g/mol. The van der Waals surface area contributed by atoms with Gasteiger partial charge in [-0.25, -0.2) is 4.79 Å². The van der Waals surface area contributed by atoms with Crippen molar-refractivity contribution < 1.29 is 33.3 Å². The molecule has 50 heavy (non-hydrogen) atoms. The average molecular weight is 773 g/mol. The third kappa shape index (κ3) is 13.2. The van der Waals surface area contributed by atoms with Crippen molar-refractivity contribution in [1.29, 1.82) is 0 Å². The van der Waals surface area contributed by atoms with Gasteiger partial charge in [0.25, 0.3) is 0 Å². The fourth-order valence-corrected chi connectivity index (χ4v) is 9.18. The molecule has 5 rings (SSSR count). The van der Waals surface area contributed by atoms with Crippen LogP contribution in [0.2, 0.25) is 10.0 Å². The number of rotatable bonds is 19. The van der Waals surface area contributed by atoms with Gasteiger partial charge in [0.2, 0.25) is 5.91 Å². The molecule has 0 bridgehead atoms. The molecular formula is C38H52Cl3NO7S. The minimum Gasteiger partial charge on any atom is -0.461 e. The number of esters is 1. The number of amides is 1. The van der Waals surface area contributed by atoms with Crippen LogP contribution in [-0.2, 0) is 41.3 Å².